The van der Waals surface area contributed by atoms with E-state index < -0.39 is 23.9 Å². The monoisotopic (exact) mass is 395 g/mol. The molecule has 2 aromatic rings. The molecule has 6 nitrogen and oxygen atoms in total. The van der Waals surface area contributed by atoms with Crippen LogP contribution in [-0.2, 0) is 9.59 Å². The van der Waals surface area contributed by atoms with Crippen LogP contribution in [0.5, 0.6) is 0 Å². The van der Waals surface area contributed by atoms with Crippen molar-refractivity contribution in [1.82, 2.24) is 4.90 Å². The van der Waals surface area contributed by atoms with Crippen LogP contribution < -0.4 is 4.90 Å². The number of imide groups is 1. The van der Waals surface area contributed by atoms with E-state index in [9.17, 15) is 19.6 Å². The molecule has 3 aliphatic rings. The smallest absolute Gasteiger partial charge is 0.240 e. The Hall–Kier alpha value is -3.98. The molecule has 5 rings (SSSR count). The van der Waals surface area contributed by atoms with Crippen molar-refractivity contribution in [3.63, 3.8) is 0 Å². The maximum atomic E-state index is 13.5. The molecule has 0 aliphatic carbocycles. The predicted octanol–water partition coefficient (Wildman–Crippen LogP) is 2.71. The summed E-state index contributed by atoms with van der Waals surface area (Å²) in [7, 11) is 0. The van der Waals surface area contributed by atoms with Crippen molar-refractivity contribution in [2.24, 2.45) is 11.8 Å². The number of hydrogen-bond donors (Lipinski definition) is 0. The fraction of sp³-hybridized carbons (Fsp3) is 0.167. The first kappa shape index (κ1) is 18.1. The number of rotatable bonds is 3. The van der Waals surface area contributed by atoms with Crippen molar-refractivity contribution < 1.29 is 14.4 Å². The summed E-state index contributed by atoms with van der Waals surface area (Å²) in [5, 5.41) is 9.34. The molecule has 0 unspecified atom stereocenters. The summed E-state index contributed by atoms with van der Waals surface area (Å²) < 4.78 is 0. The van der Waals surface area contributed by atoms with Crippen molar-refractivity contribution in [2.75, 3.05) is 4.90 Å². The van der Waals surface area contributed by atoms with E-state index in [1.807, 2.05) is 12.1 Å². The van der Waals surface area contributed by atoms with Crippen LogP contribution in [0.4, 0.5) is 5.69 Å². The standard InChI is InChI=1S/C24H17N3O3/c25-14-15-11-12-26-18(13-15)19-20(21(26)22(28)16-7-3-1-4-8-16)24(30)27(23(19)29)17-9-5-2-6-10-17/h1-13,18-21H/t18-,19-,20-,21+/m1/s1. The van der Waals surface area contributed by atoms with Crippen LogP contribution in [0.25, 0.3) is 0 Å². The highest BCUT2D eigenvalue weighted by Crippen LogP contribution is 2.46. The van der Waals surface area contributed by atoms with Crippen molar-refractivity contribution in [3.05, 3.63) is 90.2 Å². The average Bonchev–Trinajstić information content (AvgIpc) is 3.26. The maximum Gasteiger partial charge on any atom is 0.240 e. The summed E-state index contributed by atoms with van der Waals surface area (Å²) in [6.07, 6.45) is 4.98. The number of carbonyl (C=O) groups is 3. The van der Waals surface area contributed by atoms with E-state index in [1.165, 1.54) is 4.90 Å². The molecule has 4 atom stereocenters. The second-order valence-corrected chi connectivity index (χ2v) is 7.56. The number of para-hydroxylation sites is 1. The second kappa shape index (κ2) is 6.82. The number of ketones is 1. The summed E-state index contributed by atoms with van der Waals surface area (Å²) in [5.41, 5.74) is 1.40. The van der Waals surface area contributed by atoms with Gasteiger partial charge in [-0.25, -0.2) is 4.90 Å². The topological polar surface area (TPSA) is 81.5 Å². The number of hydrogen-bond acceptors (Lipinski definition) is 5. The predicted molar refractivity (Wildman–Crippen MR) is 109 cm³/mol. The zero-order valence-corrected chi connectivity index (χ0v) is 15.9. The van der Waals surface area contributed by atoms with Crippen molar-refractivity contribution in [3.8, 4) is 6.07 Å². The zero-order chi connectivity index (χ0) is 20.8. The Labute approximate surface area is 173 Å². The summed E-state index contributed by atoms with van der Waals surface area (Å²) >= 11 is 0. The number of amides is 2. The molecule has 2 amide bonds. The van der Waals surface area contributed by atoms with Crippen LogP contribution in [0.3, 0.4) is 0 Å². The molecule has 0 saturated carbocycles. The van der Waals surface area contributed by atoms with Crippen molar-refractivity contribution in [2.45, 2.75) is 12.1 Å². The zero-order valence-electron chi connectivity index (χ0n) is 15.9. The Balaban J connectivity index is 1.62. The summed E-state index contributed by atoms with van der Waals surface area (Å²) in [6, 6.07) is 18.3. The van der Waals surface area contributed by atoms with Gasteiger partial charge in [0.1, 0.15) is 6.04 Å². The summed E-state index contributed by atoms with van der Waals surface area (Å²) in [4.78, 5) is 43.2. The Morgan fingerprint density at radius 1 is 0.900 bits per heavy atom. The molecule has 3 aliphatic heterocycles. The van der Waals surface area contributed by atoms with E-state index in [4.69, 9.17) is 0 Å². The molecule has 6 heteroatoms. The fourth-order valence-corrected chi connectivity index (χ4v) is 4.73. The van der Waals surface area contributed by atoms with Gasteiger partial charge in [0, 0.05) is 11.8 Å². The molecule has 0 bridgehead atoms. The van der Waals surface area contributed by atoms with Gasteiger partial charge in [0.2, 0.25) is 11.8 Å². The van der Waals surface area contributed by atoms with Gasteiger partial charge < -0.3 is 4.90 Å². The van der Waals surface area contributed by atoms with Crippen molar-refractivity contribution >= 4 is 23.3 Å². The highest BCUT2D eigenvalue weighted by molar-refractivity contribution is 6.24. The average molecular weight is 395 g/mol. The molecule has 0 aromatic heterocycles. The largest absolute Gasteiger partial charge is 0.359 e. The lowest BCUT2D eigenvalue weighted by molar-refractivity contribution is -0.123. The minimum Gasteiger partial charge on any atom is -0.359 e. The van der Waals surface area contributed by atoms with Crippen LogP contribution in [0.1, 0.15) is 10.4 Å². The van der Waals surface area contributed by atoms with Gasteiger partial charge in [-0.05, 0) is 24.3 Å². The van der Waals surface area contributed by atoms with Crippen molar-refractivity contribution in [1.29, 1.82) is 5.26 Å². The van der Waals surface area contributed by atoms with Gasteiger partial charge in [-0.15, -0.1) is 0 Å². The first-order valence-electron chi connectivity index (χ1n) is 9.71. The third-order valence-corrected chi connectivity index (χ3v) is 6.02. The van der Waals surface area contributed by atoms with Gasteiger partial charge in [-0.3, -0.25) is 14.4 Å². The van der Waals surface area contributed by atoms with Gasteiger partial charge in [-0.1, -0.05) is 48.5 Å². The SMILES string of the molecule is N#CC1=C[C@@H]2[C@H]3C(=O)N(c4ccccc4)C(=O)[C@H]3[C@@H](C(=O)c3ccccc3)N2C=C1. The Kier molecular flexibility index (Phi) is 4.11. The molecule has 3 heterocycles. The molecular weight excluding hydrogens is 378 g/mol. The third kappa shape index (κ3) is 2.52. The molecule has 2 aromatic carbocycles. The molecule has 0 radical (unpaired) electrons. The fourth-order valence-electron chi connectivity index (χ4n) is 4.73. The van der Waals surface area contributed by atoms with Crippen LogP contribution >= 0.6 is 0 Å². The Bertz CT molecular complexity index is 1150. The maximum absolute atomic E-state index is 13.5. The first-order chi connectivity index (χ1) is 14.6. The number of fused-ring (bicyclic) bond motifs is 3. The summed E-state index contributed by atoms with van der Waals surface area (Å²) in [5.74, 6) is -2.45. The normalized spacial score (nSPS) is 26.8. The highest BCUT2D eigenvalue weighted by atomic mass is 16.2. The van der Waals surface area contributed by atoms with Gasteiger partial charge in [0.05, 0.1) is 35.2 Å². The van der Waals surface area contributed by atoms with Gasteiger partial charge in [0.25, 0.3) is 0 Å². The molecule has 30 heavy (non-hydrogen) atoms. The molecule has 2 fully saturated rings. The van der Waals surface area contributed by atoms with Gasteiger partial charge in [-0.2, -0.15) is 5.26 Å². The molecule has 0 N–H and O–H groups in total. The summed E-state index contributed by atoms with van der Waals surface area (Å²) in [6.45, 7) is 0. The van der Waals surface area contributed by atoms with E-state index >= 15 is 0 Å². The number of carbonyl (C=O) groups excluding carboxylic acids is 3. The lowest BCUT2D eigenvalue weighted by Gasteiger charge is -2.32. The molecule has 0 spiro atoms. The van der Waals surface area contributed by atoms with Gasteiger partial charge >= 0.3 is 0 Å². The highest BCUT2D eigenvalue weighted by Gasteiger charge is 2.63. The van der Waals surface area contributed by atoms with Crippen LogP contribution in [0.15, 0.2) is 84.6 Å². The number of benzene rings is 2. The van der Waals surface area contributed by atoms with Crippen LogP contribution in [0, 0.1) is 23.2 Å². The van der Waals surface area contributed by atoms with E-state index in [0.29, 0.717) is 16.8 Å². The molecule has 2 saturated heterocycles. The number of anilines is 1. The van der Waals surface area contributed by atoms with E-state index in [0.717, 1.165) is 0 Å². The minimum absolute atomic E-state index is 0.206. The van der Waals surface area contributed by atoms with E-state index in [-0.39, 0.29) is 17.6 Å². The molecular formula is C24H17N3O3. The lowest BCUT2D eigenvalue weighted by atomic mass is 9.86. The third-order valence-electron chi connectivity index (χ3n) is 6.02. The first-order valence-corrected chi connectivity index (χ1v) is 9.71. The van der Waals surface area contributed by atoms with E-state index in [2.05, 4.69) is 6.07 Å². The second-order valence-electron chi connectivity index (χ2n) is 7.56. The quantitative estimate of drug-likeness (QED) is 0.590. The molecule has 146 valence electrons. The van der Waals surface area contributed by atoms with Gasteiger partial charge in [0.15, 0.2) is 5.78 Å². The Morgan fingerprint density at radius 2 is 1.53 bits per heavy atom. The minimum atomic E-state index is -0.811. The number of nitrogens with zero attached hydrogens (tertiary/aromatic N) is 3. The number of Topliss-reactive ketones (excluding diaryl/α,β-unsaturated/α-hetero) is 1. The lowest BCUT2D eigenvalue weighted by Crippen LogP contribution is -2.46. The van der Waals surface area contributed by atoms with Crippen LogP contribution in [0.2, 0.25) is 0 Å². The van der Waals surface area contributed by atoms with E-state index in [1.54, 1.807) is 71.8 Å². The number of nitriles is 1. The van der Waals surface area contributed by atoms with Crippen LogP contribution in [-0.4, -0.2) is 34.6 Å². The Morgan fingerprint density at radius 3 is 2.20 bits per heavy atom. The number of allylic oxidation sites excluding steroid dienone is 2.